The van der Waals surface area contributed by atoms with Gasteiger partial charge in [-0.05, 0) is 100 Å². The topological polar surface area (TPSA) is 15.3 Å². The van der Waals surface area contributed by atoms with Crippen LogP contribution in [-0.2, 0) is 0 Å². The molecule has 0 aromatic heterocycles. The van der Waals surface area contributed by atoms with Crippen LogP contribution in [0.5, 0.6) is 0 Å². The second-order valence-electron chi connectivity index (χ2n) is 8.41. The number of nitrogens with one attached hydrogen (secondary N) is 1. The molecule has 0 amide bonds. The molecule has 0 heterocycles. The SMILES string of the molecule is C=C1CC(c2ccc(C(C)NC)cc2C)=C(C)C(=C)/C1=C(/C=C\C)N(C)C(C)C. The van der Waals surface area contributed by atoms with Crippen molar-refractivity contribution < 1.29 is 0 Å². The van der Waals surface area contributed by atoms with Crippen LogP contribution in [-0.4, -0.2) is 25.0 Å². The molecule has 0 radical (unpaired) electrons. The summed E-state index contributed by atoms with van der Waals surface area (Å²) in [4.78, 5) is 2.31. The molecule has 2 rings (SSSR count). The van der Waals surface area contributed by atoms with Gasteiger partial charge in [0.25, 0.3) is 0 Å². The van der Waals surface area contributed by atoms with Crippen molar-refractivity contribution in [2.24, 2.45) is 0 Å². The van der Waals surface area contributed by atoms with E-state index >= 15 is 0 Å². The fourth-order valence-corrected chi connectivity index (χ4v) is 3.93. The first-order valence-corrected chi connectivity index (χ1v) is 10.6. The number of nitrogens with zero attached hydrogens (tertiary/aromatic N) is 1. The molecule has 0 spiro atoms. The van der Waals surface area contributed by atoms with Gasteiger partial charge in [-0.3, -0.25) is 0 Å². The molecule has 1 unspecified atom stereocenters. The predicted octanol–water partition coefficient (Wildman–Crippen LogP) is 6.74. The molecule has 0 bridgehead atoms. The van der Waals surface area contributed by atoms with E-state index in [1.807, 2.05) is 7.05 Å². The van der Waals surface area contributed by atoms with Crippen LogP contribution in [0.3, 0.4) is 0 Å². The van der Waals surface area contributed by atoms with Gasteiger partial charge in [0.15, 0.2) is 0 Å². The fourth-order valence-electron chi connectivity index (χ4n) is 3.93. The van der Waals surface area contributed by atoms with Crippen LogP contribution in [0.4, 0.5) is 0 Å². The van der Waals surface area contributed by atoms with E-state index in [1.165, 1.54) is 39.1 Å². The van der Waals surface area contributed by atoms with Crippen molar-refractivity contribution in [3.8, 4) is 0 Å². The molecule has 2 nitrogen and oxygen atoms in total. The van der Waals surface area contributed by atoms with Crippen molar-refractivity contribution in [2.75, 3.05) is 14.1 Å². The van der Waals surface area contributed by atoms with Crippen molar-refractivity contribution in [1.29, 1.82) is 0 Å². The van der Waals surface area contributed by atoms with Gasteiger partial charge in [0.1, 0.15) is 0 Å². The molecular weight excluding hydrogens is 352 g/mol. The van der Waals surface area contributed by atoms with E-state index in [4.69, 9.17) is 0 Å². The summed E-state index contributed by atoms with van der Waals surface area (Å²) < 4.78 is 0. The summed E-state index contributed by atoms with van der Waals surface area (Å²) in [6.45, 7) is 22.0. The molecule has 1 aliphatic rings. The lowest BCUT2D eigenvalue weighted by Gasteiger charge is -2.33. The lowest BCUT2D eigenvalue weighted by molar-refractivity contribution is 0.352. The summed E-state index contributed by atoms with van der Waals surface area (Å²) in [7, 11) is 4.15. The van der Waals surface area contributed by atoms with Crippen LogP contribution in [0.15, 0.2) is 71.5 Å². The van der Waals surface area contributed by atoms with Gasteiger partial charge in [-0.1, -0.05) is 37.4 Å². The van der Waals surface area contributed by atoms with E-state index in [1.54, 1.807) is 0 Å². The quantitative estimate of drug-likeness (QED) is 0.579. The average Bonchev–Trinajstić information content (AvgIpc) is 2.68. The second kappa shape index (κ2) is 9.45. The van der Waals surface area contributed by atoms with Crippen molar-refractivity contribution in [1.82, 2.24) is 10.2 Å². The third-order valence-electron chi connectivity index (χ3n) is 6.19. The van der Waals surface area contributed by atoms with Crippen molar-refractivity contribution in [3.05, 3.63) is 88.2 Å². The van der Waals surface area contributed by atoms with Crippen LogP contribution in [0, 0.1) is 6.92 Å². The zero-order valence-electron chi connectivity index (χ0n) is 19.6. The maximum atomic E-state index is 4.49. The standard InChI is InChI=1S/C27H38N2/c1-11-12-26(29(10)17(2)3)27-19(5)16-25(20(6)21(27)7)24-14-13-23(15-18(24)4)22(8)28-9/h11-15,17,22,28H,5,7,16H2,1-4,6,8-10H3/b12-11-,27-26-. The maximum absolute atomic E-state index is 4.49. The van der Waals surface area contributed by atoms with Gasteiger partial charge in [-0.25, -0.2) is 0 Å². The molecule has 1 aliphatic carbocycles. The van der Waals surface area contributed by atoms with E-state index in [9.17, 15) is 0 Å². The lowest BCUT2D eigenvalue weighted by Crippen LogP contribution is -2.27. The minimum atomic E-state index is 0.346. The minimum Gasteiger partial charge on any atom is -0.372 e. The van der Waals surface area contributed by atoms with Gasteiger partial charge >= 0.3 is 0 Å². The lowest BCUT2D eigenvalue weighted by atomic mass is 9.77. The first-order chi connectivity index (χ1) is 13.6. The molecule has 2 heteroatoms. The van der Waals surface area contributed by atoms with Gasteiger partial charge in [0, 0.05) is 30.4 Å². The number of hydrogen-bond acceptors (Lipinski definition) is 2. The number of benzene rings is 1. The highest BCUT2D eigenvalue weighted by Gasteiger charge is 2.26. The Bertz CT molecular complexity index is 893. The fraction of sp³-hybridized carbons (Fsp3) is 0.407. The highest BCUT2D eigenvalue weighted by Crippen LogP contribution is 2.43. The zero-order valence-corrected chi connectivity index (χ0v) is 19.6. The Morgan fingerprint density at radius 2 is 1.83 bits per heavy atom. The molecule has 29 heavy (non-hydrogen) atoms. The number of rotatable bonds is 6. The molecule has 1 aromatic rings. The third kappa shape index (κ3) is 4.64. The van der Waals surface area contributed by atoms with Crippen molar-refractivity contribution >= 4 is 5.57 Å². The monoisotopic (exact) mass is 390 g/mol. The molecule has 1 aromatic carbocycles. The van der Waals surface area contributed by atoms with Crippen LogP contribution in [0.25, 0.3) is 5.57 Å². The molecular formula is C27H38N2. The highest BCUT2D eigenvalue weighted by molar-refractivity contribution is 5.83. The first kappa shape index (κ1) is 23.0. The van der Waals surface area contributed by atoms with Crippen molar-refractivity contribution in [2.45, 2.75) is 60.0 Å². The Labute approximate surface area is 178 Å². The summed E-state index contributed by atoms with van der Waals surface area (Å²) in [5.74, 6) is 0. The number of hydrogen-bond donors (Lipinski definition) is 1. The molecule has 0 saturated carbocycles. The van der Waals surface area contributed by atoms with Gasteiger partial charge in [-0.15, -0.1) is 0 Å². The molecule has 0 fully saturated rings. The molecule has 1 N–H and O–H groups in total. The Hall–Kier alpha value is -2.32. The van der Waals surface area contributed by atoms with Gasteiger partial charge in [0.05, 0.1) is 0 Å². The van der Waals surface area contributed by atoms with Crippen molar-refractivity contribution in [3.63, 3.8) is 0 Å². The van der Waals surface area contributed by atoms with E-state index in [0.717, 1.165) is 17.6 Å². The largest absolute Gasteiger partial charge is 0.372 e. The third-order valence-corrected chi connectivity index (χ3v) is 6.19. The maximum Gasteiger partial charge on any atom is 0.0444 e. The van der Waals surface area contributed by atoms with E-state index in [0.29, 0.717) is 12.1 Å². The molecule has 1 atom stereocenters. The van der Waals surface area contributed by atoms with E-state index in [2.05, 4.69) is 102 Å². The average molecular weight is 391 g/mol. The first-order valence-electron chi connectivity index (χ1n) is 10.6. The summed E-state index contributed by atoms with van der Waals surface area (Å²) in [5, 5.41) is 3.32. The summed E-state index contributed by atoms with van der Waals surface area (Å²) in [6, 6.07) is 7.55. The van der Waals surface area contributed by atoms with Gasteiger partial charge in [0.2, 0.25) is 0 Å². The summed E-state index contributed by atoms with van der Waals surface area (Å²) >= 11 is 0. The summed E-state index contributed by atoms with van der Waals surface area (Å²) in [6.07, 6.45) is 5.14. The highest BCUT2D eigenvalue weighted by atomic mass is 15.1. The van der Waals surface area contributed by atoms with Gasteiger partial charge in [-0.2, -0.15) is 0 Å². The molecule has 0 saturated heterocycles. The number of likely N-dealkylation sites (N-methyl/N-ethyl adjacent to an activating group) is 1. The Morgan fingerprint density at radius 1 is 1.17 bits per heavy atom. The van der Waals surface area contributed by atoms with E-state index in [-0.39, 0.29) is 0 Å². The number of aryl methyl sites for hydroxylation is 1. The molecule has 156 valence electrons. The molecule has 0 aliphatic heterocycles. The summed E-state index contributed by atoms with van der Waals surface area (Å²) in [5.41, 5.74) is 11.2. The zero-order chi connectivity index (χ0) is 21.9. The number of allylic oxidation sites excluding steroid dienone is 7. The van der Waals surface area contributed by atoms with Crippen LogP contribution < -0.4 is 5.32 Å². The van der Waals surface area contributed by atoms with E-state index < -0.39 is 0 Å². The Morgan fingerprint density at radius 3 is 2.34 bits per heavy atom. The van der Waals surface area contributed by atoms with Crippen LogP contribution >= 0.6 is 0 Å². The predicted molar refractivity (Wildman–Crippen MR) is 129 cm³/mol. The Balaban J connectivity index is 2.59. The second-order valence-corrected chi connectivity index (χ2v) is 8.41. The van der Waals surface area contributed by atoms with Gasteiger partial charge < -0.3 is 10.2 Å². The normalized spacial score (nSPS) is 18.1. The van der Waals surface area contributed by atoms with Crippen LogP contribution in [0.2, 0.25) is 0 Å². The smallest absolute Gasteiger partial charge is 0.0444 e. The minimum absolute atomic E-state index is 0.346. The Kier molecular flexibility index (Phi) is 7.48. The van der Waals surface area contributed by atoms with Crippen LogP contribution in [0.1, 0.15) is 63.8 Å².